The lowest BCUT2D eigenvalue weighted by molar-refractivity contribution is -0.181. The van der Waals surface area contributed by atoms with Crippen molar-refractivity contribution < 1.29 is 28.9 Å². The molecule has 2 aromatic rings. The summed E-state index contributed by atoms with van der Waals surface area (Å²) in [4.78, 5) is 24.7. The highest BCUT2D eigenvalue weighted by Crippen LogP contribution is 2.52. The number of ether oxygens (including phenoxy) is 3. The van der Waals surface area contributed by atoms with Crippen LogP contribution in [-0.2, 0) is 31.1 Å². The number of carbonyl (C=O) groups excluding carboxylic acids is 2. The standard InChI is InChI=1S/C21H24O6/c1-20(19(23)27-4)10-9-16-15-7-6-14(25-2)11-13(15)5-8-17(16)21(20,24)12-18(22)26-3/h5-8,11,24H,9-10,12H2,1-4H3. The van der Waals surface area contributed by atoms with Gasteiger partial charge in [0.25, 0.3) is 0 Å². The second-order valence-corrected chi connectivity index (χ2v) is 7.12. The Morgan fingerprint density at radius 2 is 1.85 bits per heavy atom. The fourth-order valence-electron chi connectivity index (χ4n) is 4.10. The molecule has 0 radical (unpaired) electrons. The number of rotatable bonds is 4. The molecule has 2 unspecified atom stereocenters. The van der Waals surface area contributed by atoms with Crippen molar-refractivity contribution in [2.24, 2.45) is 5.41 Å². The van der Waals surface area contributed by atoms with Crippen LogP contribution < -0.4 is 4.74 Å². The second kappa shape index (κ2) is 6.85. The molecule has 0 aliphatic heterocycles. The van der Waals surface area contributed by atoms with Crippen molar-refractivity contribution >= 4 is 22.7 Å². The molecule has 6 heteroatoms. The van der Waals surface area contributed by atoms with E-state index in [4.69, 9.17) is 14.2 Å². The number of aliphatic hydroxyl groups is 1. The van der Waals surface area contributed by atoms with Crippen molar-refractivity contribution in [3.8, 4) is 5.75 Å². The average molecular weight is 372 g/mol. The first-order valence-corrected chi connectivity index (χ1v) is 8.78. The highest BCUT2D eigenvalue weighted by atomic mass is 16.5. The molecule has 0 saturated heterocycles. The zero-order valence-corrected chi connectivity index (χ0v) is 16.0. The molecule has 0 bridgehead atoms. The fourth-order valence-corrected chi connectivity index (χ4v) is 4.10. The monoisotopic (exact) mass is 372 g/mol. The van der Waals surface area contributed by atoms with Gasteiger partial charge < -0.3 is 19.3 Å². The maximum atomic E-state index is 12.6. The molecule has 0 heterocycles. The molecule has 0 fully saturated rings. The largest absolute Gasteiger partial charge is 0.497 e. The number of methoxy groups -OCH3 is 3. The van der Waals surface area contributed by atoms with Crippen molar-refractivity contribution in [2.45, 2.75) is 31.8 Å². The van der Waals surface area contributed by atoms with Crippen LogP contribution >= 0.6 is 0 Å². The summed E-state index contributed by atoms with van der Waals surface area (Å²) in [7, 11) is 4.16. The number of esters is 2. The molecule has 0 amide bonds. The molecular weight excluding hydrogens is 348 g/mol. The zero-order valence-electron chi connectivity index (χ0n) is 16.0. The van der Waals surface area contributed by atoms with Crippen LogP contribution in [0.25, 0.3) is 10.8 Å². The topological polar surface area (TPSA) is 82.1 Å². The number of benzene rings is 2. The number of aryl methyl sites for hydroxylation is 1. The van der Waals surface area contributed by atoms with Crippen molar-refractivity contribution in [1.29, 1.82) is 0 Å². The molecule has 2 atom stereocenters. The van der Waals surface area contributed by atoms with E-state index in [2.05, 4.69) is 0 Å². The normalized spacial score (nSPS) is 24.2. The maximum absolute atomic E-state index is 12.6. The van der Waals surface area contributed by atoms with Crippen LogP contribution in [0.15, 0.2) is 30.3 Å². The summed E-state index contributed by atoms with van der Waals surface area (Å²) in [5.74, 6) is -0.396. The third kappa shape index (κ3) is 2.84. The van der Waals surface area contributed by atoms with Crippen molar-refractivity contribution in [2.75, 3.05) is 21.3 Å². The third-order valence-corrected chi connectivity index (χ3v) is 5.84. The molecule has 6 nitrogen and oxygen atoms in total. The quantitative estimate of drug-likeness (QED) is 0.831. The van der Waals surface area contributed by atoms with Crippen LogP contribution in [0.5, 0.6) is 5.75 Å². The van der Waals surface area contributed by atoms with Gasteiger partial charge in [-0.1, -0.05) is 18.2 Å². The Labute approximate surface area is 158 Å². The smallest absolute Gasteiger partial charge is 0.314 e. The van der Waals surface area contributed by atoms with E-state index in [1.807, 2.05) is 24.3 Å². The van der Waals surface area contributed by atoms with Gasteiger partial charge in [-0.05, 0) is 53.8 Å². The van der Waals surface area contributed by atoms with Gasteiger partial charge in [0, 0.05) is 0 Å². The van der Waals surface area contributed by atoms with Crippen LogP contribution in [0.2, 0.25) is 0 Å². The molecule has 0 spiro atoms. The zero-order chi connectivity index (χ0) is 19.8. The number of hydrogen-bond donors (Lipinski definition) is 1. The molecular formula is C21H24O6. The first-order chi connectivity index (χ1) is 12.8. The van der Waals surface area contributed by atoms with Gasteiger partial charge in [0.2, 0.25) is 0 Å². The molecule has 144 valence electrons. The van der Waals surface area contributed by atoms with E-state index < -0.39 is 23.0 Å². The lowest BCUT2D eigenvalue weighted by Crippen LogP contribution is -2.53. The molecule has 27 heavy (non-hydrogen) atoms. The highest BCUT2D eigenvalue weighted by Gasteiger charge is 2.58. The summed E-state index contributed by atoms with van der Waals surface area (Å²) in [5, 5.41) is 13.6. The molecule has 0 aromatic heterocycles. The van der Waals surface area contributed by atoms with Gasteiger partial charge in [0.05, 0.1) is 33.2 Å². The molecule has 1 aliphatic carbocycles. The van der Waals surface area contributed by atoms with Crippen LogP contribution in [0.1, 0.15) is 30.9 Å². The SMILES string of the molecule is COC(=O)CC1(O)c2ccc3cc(OC)ccc3c2CCC1(C)C(=O)OC. The molecule has 2 aromatic carbocycles. The first kappa shape index (κ1) is 19.2. The van der Waals surface area contributed by atoms with Gasteiger partial charge in [-0.2, -0.15) is 0 Å². The van der Waals surface area contributed by atoms with E-state index in [0.29, 0.717) is 18.4 Å². The van der Waals surface area contributed by atoms with Crippen LogP contribution in [-0.4, -0.2) is 38.4 Å². The van der Waals surface area contributed by atoms with Gasteiger partial charge in [0.15, 0.2) is 0 Å². The Morgan fingerprint density at radius 1 is 1.11 bits per heavy atom. The maximum Gasteiger partial charge on any atom is 0.314 e. The lowest BCUT2D eigenvalue weighted by atomic mass is 9.60. The summed E-state index contributed by atoms with van der Waals surface area (Å²) in [6.45, 7) is 1.64. The van der Waals surface area contributed by atoms with Crippen LogP contribution in [0, 0.1) is 5.41 Å². The first-order valence-electron chi connectivity index (χ1n) is 8.78. The number of fused-ring (bicyclic) bond motifs is 3. The predicted molar refractivity (Wildman–Crippen MR) is 99.5 cm³/mol. The molecule has 3 rings (SSSR count). The number of hydrogen-bond acceptors (Lipinski definition) is 6. The Balaban J connectivity index is 2.24. The minimum absolute atomic E-state index is 0.330. The summed E-state index contributed by atoms with van der Waals surface area (Å²) < 4.78 is 15.0. The average Bonchev–Trinajstić information content (AvgIpc) is 2.69. The van der Waals surface area contributed by atoms with Gasteiger partial charge in [-0.3, -0.25) is 9.59 Å². The fraction of sp³-hybridized carbons (Fsp3) is 0.429. The van der Waals surface area contributed by atoms with Gasteiger partial charge >= 0.3 is 11.9 Å². The van der Waals surface area contributed by atoms with Crippen molar-refractivity contribution in [3.05, 3.63) is 41.5 Å². The third-order valence-electron chi connectivity index (χ3n) is 5.84. The molecule has 0 saturated carbocycles. The second-order valence-electron chi connectivity index (χ2n) is 7.12. The van der Waals surface area contributed by atoms with Crippen LogP contribution in [0.4, 0.5) is 0 Å². The van der Waals surface area contributed by atoms with Gasteiger partial charge in [-0.25, -0.2) is 0 Å². The van der Waals surface area contributed by atoms with E-state index >= 15 is 0 Å². The van der Waals surface area contributed by atoms with Gasteiger partial charge in [0.1, 0.15) is 11.4 Å². The van der Waals surface area contributed by atoms with E-state index in [1.165, 1.54) is 14.2 Å². The summed E-state index contributed by atoms with van der Waals surface area (Å²) in [6.07, 6.45) is 0.600. The van der Waals surface area contributed by atoms with Crippen LogP contribution in [0.3, 0.4) is 0 Å². The van der Waals surface area contributed by atoms with Crippen molar-refractivity contribution in [3.63, 3.8) is 0 Å². The Kier molecular flexibility index (Phi) is 4.86. The lowest BCUT2D eigenvalue weighted by Gasteiger charge is -2.47. The summed E-state index contributed by atoms with van der Waals surface area (Å²) in [6, 6.07) is 9.36. The minimum Gasteiger partial charge on any atom is -0.497 e. The molecule has 1 N–H and O–H groups in total. The Morgan fingerprint density at radius 3 is 2.48 bits per heavy atom. The van der Waals surface area contributed by atoms with Crippen molar-refractivity contribution in [1.82, 2.24) is 0 Å². The Bertz CT molecular complexity index is 905. The van der Waals surface area contributed by atoms with E-state index in [-0.39, 0.29) is 6.42 Å². The summed E-state index contributed by atoms with van der Waals surface area (Å²) >= 11 is 0. The number of carbonyl (C=O) groups is 2. The predicted octanol–water partition coefficient (Wildman–Crippen LogP) is 2.72. The van der Waals surface area contributed by atoms with E-state index in [1.54, 1.807) is 20.1 Å². The van der Waals surface area contributed by atoms with E-state index in [0.717, 1.165) is 22.1 Å². The molecule has 1 aliphatic rings. The highest BCUT2D eigenvalue weighted by molar-refractivity contribution is 5.90. The minimum atomic E-state index is -1.73. The van der Waals surface area contributed by atoms with E-state index in [9.17, 15) is 14.7 Å². The van der Waals surface area contributed by atoms with Gasteiger partial charge in [-0.15, -0.1) is 0 Å². The Hall–Kier alpha value is -2.60. The summed E-state index contributed by atoms with van der Waals surface area (Å²) in [5.41, 5.74) is -1.51.